The summed E-state index contributed by atoms with van der Waals surface area (Å²) in [5, 5.41) is 0. The molecule has 0 saturated heterocycles. The van der Waals surface area contributed by atoms with Gasteiger partial charge in [0.05, 0.1) is 13.5 Å². The molecule has 4 nitrogen and oxygen atoms in total. The minimum absolute atomic E-state index is 0.0253. The minimum Gasteiger partial charge on any atom is -0.469 e. The molecule has 0 unspecified atom stereocenters. The molecule has 1 rings (SSSR count). The number of carbonyl (C=O) groups excluding carboxylic acids is 2. The Hall–Kier alpha value is -2.10. The standard InChI is InChI=1S/C27H42O4/c1-3-4-5-15-20-25(31-27(29)23-24-18-13-12-14-19-24)21-16-10-8-6-7-9-11-17-22-26(28)30-2/h10,12-14,16,18-19,25H,3-9,11,15,17,20-23H2,1-2H3/b16-10-/t25-/m1/s1. The average Bonchev–Trinajstić information content (AvgIpc) is 2.78. The fourth-order valence-electron chi connectivity index (χ4n) is 3.54. The van der Waals surface area contributed by atoms with Crippen molar-refractivity contribution >= 4 is 11.9 Å². The van der Waals surface area contributed by atoms with Crippen LogP contribution in [0.5, 0.6) is 0 Å². The Labute approximate surface area is 189 Å². The zero-order valence-corrected chi connectivity index (χ0v) is 19.7. The van der Waals surface area contributed by atoms with Gasteiger partial charge in [0.25, 0.3) is 0 Å². The fourth-order valence-corrected chi connectivity index (χ4v) is 3.54. The van der Waals surface area contributed by atoms with Gasteiger partial charge in [0.15, 0.2) is 0 Å². The molecule has 0 saturated carbocycles. The van der Waals surface area contributed by atoms with Gasteiger partial charge < -0.3 is 9.47 Å². The van der Waals surface area contributed by atoms with Crippen LogP contribution < -0.4 is 0 Å². The molecule has 0 spiro atoms. The maximum atomic E-state index is 12.4. The molecule has 174 valence electrons. The molecule has 0 aromatic heterocycles. The Bertz CT molecular complexity index is 609. The van der Waals surface area contributed by atoms with Gasteiger partial charge in [-0.15, -0.1) is 0 Å². The molecular formula is C27H42O4. The van der Waals surface area contributed by atoms with E-state index in [2.05, 4.69) is 23.8 Å². The van der Waals surface area contributed by atoms with E-state index in [1.165, 1.54) is 32.8 Å². The van der Waals surface area contributed by atoms with Crippen molar-refractivity contribution in [1.82, 2.24) is 0 Å². The van der Waals surface area contributed by atoms with Crippen molar-refractivity contribution in [2.24, 2.45) is 0 Å². The van der Waals surface area contributed by atoms with E-state index in [9.17, 15) is 9.59 Å². The average molecular weight is 431 g/mol. The zero-order chi connectivity index (χ0) is 22.6. The number of hydrogen-bond acceptors (Lipinski definition) is 4. The Kier molecular flexibility index (Phi) is 16.2. The molecule has 0 aliphatic carbocycles. The topological polar surface area (TPSA) is 52.6 Å². The highest BCUT2D eigenvalue weighted by atomic mass is 16.5. The fraction of sp³-hybridized carbons (Fsp3) is 0.630. The van der Waals surface area contributed by atoms with Gasteiger partial charge in [-0.05, 0) is 37.7 Å². The summed E-state index contributed by atoms with van der Waals surface area (Å²) >= 11 is 0. The Morgan fingerprint density at radius 3 is 2.32 bits per heavy atom. The van der Waals surface area contributed by atoms with Crippen molar-refractivity contribution in [2.75, 3.05) is 7.11 Å². The van der Waals surface area contributed by atoms with E-state index >= 15 is 0 Å². The van der Waals surface area contributed by atoms with Gasteiger partial charge in [-0.2, -0.15) is 0 Å². The molecule has 0 aliphatic heterocycles. The molecule has 1 aromatic rings. The molecule has 0 fully saturated rings. The number of rotatable bonds is 18. The van der Waals surface area contributed by atoms with Crippen molar-refractivity contribution in [1.29, 1.82) is 0 Å². The van der Waals surface area contributed by atoms with E-state index in [1.54, 1.807) is 0 Å². The third-order valence-electron chi connectivity index (χ3n) is 5.41. The highest BCUT2D eigenvalue weighted by Gasteiger charge is 2.13. The molecule has 0 heterocycles. The van der Waals surface area contributed by atoms with Gasteiger partial charge in [-0.3, -0.25) is 9.59 Å². The highest BCUT2D eigenvalue weighted by molar-refractivity contribution is 5.72. The van der Waals surface area contributed by atoms with Gasteiger partial charge in [0.2, 0.25) is 0 Å². The van der Waals surface area contributed by atoms with Gasteiger partial charge in [-0.1, -0.05) is 87.9 Å². The van der Waals surface area contributed by atoms with E-state index in [0.29, 0.717) is 12.8 Å². The lowest BCUT2D eigenvalue weighted by Crippen LogP contribution is -2.19. The van der Waals surface area contributed by atoms with Gasteiger partial charge in [0, 0.05) is 12.8 Å². The zero-order valence-electron chi connectivity index (χ0n) is 19.7. The lowest BCUT2D eigenvalue weighted by atomic mass is 10.1. The Morgan fingerprint density at radius 1 is 0.871 bits per heavy atom. The number of carbonyl (C=O) groups is 2. The van der Waals surface area contributed by atoms with E-state index in [4.69, 9.17) is 4.74 Å². The van der Waals surface area contributed by atoms with Crippen LogP contribution in [-0.4, -0.2) is 25.2 Å². The van der Waals surface area contributed by atoms with Crippen LogP contribution in [0.4, 0.5) is 0 Å². The molecule has 0 bridgehead atoms. The summed E-state index contributed by atoms with van der Waals surface area (Å²) < 4.78 is 10.5. The van der Waals surface area contributed by atoms with Crippen LogP contribution >= 0.6 is 0 Å². The summed E-state index contributed by atoms with van der Waals surface area (Å²) in [6, 6.07) is 9.79. The maximum absolute atomic E-state index is 12.4. The second-order valence-corrected chi connectivity index (χ2v) is 8.21. The first-order chi connectivity index (χ1) is 15.2. The van der Waals surface area contributed by atoms with E-state index < -0.39 is 0 Å². The van der Waals surface area contributed by atoms with Crippen LogP contribution in [0.15, 0.2) is 42.5 Å². The van der Waals surface area contributed by atoms with Gasteiger partial charge >= 0.3 is 11.9 Å². The lowest BCUT2D eigenvalue weighted by molar-refractivity contribution is -0.148. The summed E-state index contributed by atoms with van der Waals surface area (Å²) in [4.78, 5) is 23.4. The molecule has 1 atom stereocenters. The predicted molar refractivity (Wildman–Crippen MR) is 127 cm³/mol. The molecule has 0 radical (unpaired) electrons. The monoisotopic (exact) mass is 430 g/mol. The highest BCUT2D eigenvalue weighted by Crippen LogP contribution is 2.15. The van der Waals surface area contributed by atoms with Crippen LogP contribution in [0.25, 0.3) is 0 Å². The predicted octanol–water partition coefficient (Wildman–Crippen LogP) is 6.96. The Morgan fingerprint density at radius 2 is 1.58 bits per heavy atom. The normalized spacial score (nSPS) is 12.1. The van der Waals surface area contributed by atoms with Crippen LogP contribution in [0.1, 0.15) is 96.0 Å². The number of esters is 2. The first kappa shape index (κ1) is 26.9. The first-order valence-corrected chi connectivity index (χ1v) is 12.1. The van der Waals surface area contributed by atoms with Gasteiger partial charge in [0.1, 0.15) is 6.10 Å². The SMILES string of the molecule is CCCCCC[C@H](C/C=C\CCCCCCCC(=O)OC)OC(=O)Cc1ccccc1. The largest absolute Gasteiger partial charge is 0.469 e. The second-order valence-electron chi connectivity index (χ2n) is 8.21. The summed E-state index contributed by atoms with van der Waals surface area (Å²) in [5.41, 5.74) is 0.999. The van der Waals surface area contributed by atoms with Crippen LogP contribution in [0.3, 0.4) is 0 Å². The summed E-state index contributed by atoms with van der Waals surface area (Å²) in [7, 11) is 1.44. The molecule has 4 heteroatoms. The molecule has 0 amide bonds. The minimum atomic E-state index is -0.132. The summed E-state index contributed by atoms with van der Waals surface area (Å²) in [6.07, 6.45) is 18.3. The number of benzene rings is 1. The van der Waals surface area contributed by atoms with Crippen molar-refractivity contribution in [3.05, 3.63) is 48.0 Å². The Balaban J connectivity index is 2.26. The first-order valence-electron chi connectivity index (χ1n) is 12.1. The van der Waals surface area contributed by atoms with Gasteiger partial charge in [-0.25, -0.2) is 0 Å². The lowest BCUT2D eigenvalue weighted by Gasteiger charge is -2.16. The molecule has 0 aliphatic rings. The van der Waals surface area contributed by atoms with Crippen molar-refractivity contribution in [2.45, 2.75) is 103 Å². The summed E-state index contributed by atoms with van der Waals surface area (Å²) in [6.45, 7) is 2.21. The van der Waals surface area contributed by atoms with E-state index in [1.807, 2.05) is 30.3 Å². The number of allylic oxidation sites excluding steroid dienone is 1. The van der Waals surface area contributed by atoms with E-state index in [0.717, 1.165) is 56.9 Å². The number of unbranched alkanes of at least 4 members (excludes halogenated alkanes) is 8. The second kappa shape index (κ2) is 18.7. The molecule has 1 aromatic carbocycles. The van der Waals surface area contributed by atoms with Crippen LogP contribution in [0, 0.1) is 0 Å². The van der Waals surface area contributed by atoms with Crippen molar-refractivity contribution in [3.63, 3.8) is 0 Å². The maximum Gasteiger partial charge on any atom is 0.310 e. The van der Waals surface area contributed by atoms with Crippen LogP contribution in [0.2, 0.25) is 0 Å². The van der Waals surface area contributed by atoms with E-state index in [-0.39, 0.29) is 18.0 Å². The molecule has 0 N–H and O–H groups in total. The molecular weight excluding hydrogens is 388 g/mol. The number of hydrogen-bond donors (Lipinski definition) is 0. The quantitative estimate of drug-likeness (QED) is 0.143. The third kappa shape index (κ3) is 15.4. The number of ether oxygens (including phenoxy) is 2. The van der Waals surface area contributed by atoms with Crippen LogP contribution in [-0.2, 0) is 25.5 Å². The van der Waals surface area contributed by atoms with Crippen molar-refractivity contribution in [3.8, 4) is 0 Å². The summed E-state index contributed by atoms with van der Waals surface area (Å²) in [5.74, 6) is -0.247. The smallest absolute Gasteiger partial charge is 0.310 e. The number of methoxy groups -OCH3 is 1. The van der Waals surface area contributed by atoms with Crippen molar-refractivity contribution < 1.29 is 19.1 Å². The third-order valence-corrected chi connectivity index (χ3v) is 5.41. The molecule has 31 heavy (non-hydrogen) atoms.